The molecular formula is C24H22N4O3S. The zero-order valence-electron chi connectivity index (χ0n) is 17.6. The van der Waals surface area contributed by atoms with Crippen molar-refractivity contribution in [3.8, 4) is 17.2 Å². The second kappa shape index (κ2) is 10.0. The Morgan fingerprint density at radius 1 is 0.938 bits per heavy atom. The molecule has 0 saturated heterocycles. The molecule has 0 aliphatic rings. The van der Waals surface area contributed by atoms with Crippen molar-refractivity contribution in [3.63, 3.8) is 0 Å². The van der Waals surface area contributed by atoms with Crippen molar-refractivity contribution in [1.82, 2.24) is 14.8 Å². The maximum atomic E-state index is 13.3. The number of ether oxygens (including phenoxy) is 2. The largest absolute Gasteiger partial charge is 0.497 e. The van der Waals surface area contributed by atoms with E-state index < -0.39 is 5.25 Å². The molecule has 32 heavy (non-hydrogen) atoms. The molecule has 0 saturated carbocycles. The van der Waals surface area contributed by atoms with Crippen molar-refractivity contribution < 1.29 is 14.3 Å². The smallest absolute Gasteiger partial charge is 0.242 e. The van der Waals surface area contributed by atoms with Gasteiger partial charge >= 0.3 is 0 Å². The molecule has 1 N–H and O–H groups in total. The van der Waals surface area contributed by atoms with Gasteiger partial charge in [0.05, 0.1) is 19.9 Å². The fourth-order valence-electron chi connectivity index (χ4n) is 3.19. The average Bonchev–Trinajstić information content (AvgIpc) is 3.31. The first kappa shape index (κ1) is 21.5. The Morgan fingerprint density at radius 3 is 2.38 bits per heavy atom. The summed E-state index contributed by atoms with van der Waals surface area (Å²) < 4.78 is 12.5. The summed E-state index contributed by atoms with van der Waals surface area (Å²) >= 11 is 1.32. The monoisotopic (exact) mass is 446 g/mol. The molecule has 0 aliphatic carbocycles. The van der Waals surface area contributed by atoms with Crippen LogP contribution in [0.3, 0.4) is 0 Å². The van der Waals surface area contributed by atoms with E-state index in [0.717, 1.165) is 17.0 Å². The number of hydrogen-bond donors (Lipinski definition) is 1. The predicted molar refractivity (Wildman–Crippen MR) is 125 cm³/mol. The topological polar surface area (TPSA) is 78.3 Å². The number of amides is 1. The Labute approximate surface area is 190 Å². The Morgan fingerprint density at radius 2 is 1.66 bits per heavy atom. The molecule has 1 heterocycles. The van der Waals surface area contributed by atoms with Crippen molar-refractivity contribution in [2.75, 3.05) is 19.5 Å². The number of anilines is 1. The minimum absolute atomic E-state index is 0.166. The Kier molecular flexibility index (Phi) is 6.72. The summed E-state index contributed by atoms with van der Waals surface area (Å²) in [7, 11) is 3.22. The molecule has 1 unspecified atom stereocenters. The first-order valence-electron chi connectivity index (χ1n) is 9.89. The number of rotatable bonds is 8. The highest BCUT2D eigenvalue weighted by atomic mass is 32.2. The summed E-state index contributed by atoms with van der Waals surface area (Å²) in [6, 6.07) is 24.4. The third-order valence-corrected chi connectivity index (χ3v) is 5.99. The van der Waals surface area contributed by atoms with E-state index in [9.17, 15) is 4.79 Å². The number of hydrogen-bond acceptors (Lipinski definition) is 6. The van der Waals surface area contributed by atoms with Crippen LogP contribution in [-0.4, -0.2) is 34.9 Å². The van der Waals surface area contributed by atoms with E-state index in [1.54, 1.807) is 44.8 Å². The molecule has 0 radical (unpaired) electrons. The van der Waals surface area contributed by atoms with Crippen LogP contribution in [-0.2, 0) is 4.79 Å². The van der Waals surface area contributed by atoms with Crippen molar-refractivity contribution in [2.24, 2.45) is 0 Å². The van der Waals surface area contributed by atoms with Crippen molar-refractivity contribution in [2.45, 2.75) is 10.4 Å². The third-order valence-electron chi connectivity index (χ3n) is 4.78. The molecule has 1 amide bonds. The molecule has 0 spiro atoms. The van der Waals surface area contributed by atoms with Crippen LogP contribution in [0.5, 0.6) is 11.5 Å². The fraction of sp³-hybridized carbons (Fsp3) is 0.125. The van der Waals surface area contributed by atoms with Gasteiger partial charge in [0.15, 0.2) is 5.16 Å². The number of nitrogens with zero attached hydrogens (tertiary/aromatic N) is 3. The lowest BCUT2D eigenvalue weighted by molar-refractivity contribution is -0.115. The van der Waals surface area contributed by atoms with E-state index >= 15 is 0 Å². The van der Waals surface area contributed by atoms with Gasteiger partial charge in [0.1, 0.15) is 23.1 Å². The van der Waals surface area contributed by atoms with Gasteiger partial charge in [0.25, 0.3) is 0 Å². The summed E-state index contributed by atoms with van der Waals surface area (Å²) in [6.45, 7) is 0. The minimum atomic E-state index is -0.545. The maximum Gasteiger partial charge on any atom is 0.242 e. The van der Waals surface area contributed by atoms with Gasteiger partial charge in [-0.1, -0.05) is 54.2 Å². The summed E-state index contributed by atoms with van der Waals surface area (Å²) in [4.78, 5) is 13.3. The van der Waals surface area contributed by atoms with Crippen LogP contribution in [0.2, 0.25) is 0 Å². The molecule has 3 aromatic carbocycles. The van der Waals surface area contributed by atoms with Gasteiger partial charge in [-0.15, -0.1) is 10.2 Å². The predicted octanol–water partition coefficient (Wildman–Crippen LogP) is 4.76. The minimum Gasteiger partial charge on any atom is -0.497 e. The molecule has 0 aliphatic heterocycles. The number of thioether (sulfide) groups is 1. The number of carbonyl (C=O) groups excluding carboxylic acids is 1. The van der Waals surface area contributed by atoms with Crippen molar-refractivity contribution in [3.05, 3.63) is 90.8 Å². The highest BCUT2D eigenvalue weighted by Crippen LogP contribution is 2.37. The third kappa shape index (κ3) is 4.76. The summed E-state index contributed by atoms with van der Waals surface area (Å²) in [6.07, 6.45) is 1.61. The first-order valence-corrected chi connectivity index (χ1v) is 10.8. The maximum absolute atomic E-state index is 13.3. The molecule has 4 aromatic rings. The van der Waals surface area contributed by atoms with E-state index in [4.69, 9.17) is 9.47 Å². The van der Waals surface area contributed by atoms with Crippen LogP contribution in [0, 0.1) is 0 Å². The van der Waals surface area contributed by atoms with Gasteiger partial charge in [-0.05, 0) is 42.0 Å². The van der Waals surface area contributed by atoms with Gasteiger partial charge in [-0.25, -0.2) is 0 Å². The Hall–Kier alpha value is -3.78. The lowest BCUT2D eigenvalue weighted by Gasteiger charge is -2.18. The van der Waals surface area contributed by atoms with Crippen LogP contribution >= 0.6 is 11.8 Å². The average molecular weight is 447 g/mol. The molecule has 162 valence electrons. The highest BCUT2D eigenvalue weighted by molar-refractivity contribution is 8.00. The molecule has 8 heteroatoms. The van der Waals surface area contributed by atoms with Crippen molar-refractivity contribution in [1.29, 1.82) is 0 Å². The second-order valence-electron chi connectivity index (χ2n) is 6.78. The van der Waals surface area contributed by atoms with Crippen molar-refractivity contribution >= 4 is 23.4 Å². The van der Waals surface area contributed by atoms with Crippen LogP contribution in [0.4, 0.5) is 5.69 Å². The molecule has 0 fully saturated rings. The first-order chi connectivity index (χ1) is 15.7. The number of nitrogens with one attached hydrogen (secondary N) is 1. The number of methoxy groups -OCH3 is 2. The van der Waals surface area contributed by atoms with Gasteiger partial charge in [0.2, 0.25) is 5.91 Å². The van der Waals surface area contributed by atoms with Crippen LogP contribution in [0.25, 0.3) is 5.69 Å². The Bertz CT molecular complexity index is 1180. The van der Waals surface area contributed by atoms with Crippen LogP contribution < -0.4 is 14.8 Å². The zero-order chi connectivity index (χ0) is 22.3. The number of para-hydroxylation sites is 2. The SMILES string of the molecule is COc1ccc(NC(=O)C(Sc2nncn2-c2ccccc2OC)c2ccccc2)cc1. The van der Waals surface area contributed by atoms with Crippen LogP contribution in [0.1, 0.15) is 10.8 Å². The van der Waals surface area contributed by atoms with E-state index in [1.807, 2.05) is 59.2 Å². The summed E-state index contributed by atoms with van der Waals surface area (Å²) in [5.74, 6) is 1.25. The lowest BCUT2D eigenvalue weighted by Crippen LogP contribution is -2.19. The van der Waals surface area contributed by atoms with E-state index in [-0.39, 0.29) is 5.91 Å². The standard InChI is InChI=1S/C24H22N4O3S/c1-30-19-14-12-18(13-15-19)26-23(29)22(17-8-4-3-5-9-17)32-24-27-25-16-28(24)20-10-6-7-11-21(20)31-2/h3-16,22H,1-2H3,(H,26,29). The number of aromatic nitrogens is 3. The van der Waals surface area contributed by atoms with E-state index in [1.165, 1.54) is 11.8 Å². The molecule has 0 bridgehead atoms. The van der Waals surface area contributed by atoms with Gasteiger partial charge in [-0.2, -0.15) is 0 Å². The Balaban J connectivity index is 1.64. The normalized spacial score (nSPS) is 11.6. The fourth-order valence-corrected chi connectivity index (χ4v) is 4.21. The quantitative estimate of drug-likeness (QED) is 0.393. The number of carbonyl (C=O) groups is 1. The van der Waals surface area contributed by atoms with Gasteiger partial charge in [-0.3, -0.25) is 9.36 Å². The second-order valence-corrected chi connectivity index (χ2v) is 7.85. The summed E-state index contributed by atoms with van der Waals surface area (Å²) in [5.41, 5.74) is 2.34. The molecule has 1 aromatic heterocycles. The molecular weight excluding hydrogens is 424 g/mol. The molecule has 1 atom stereocenters. The van der Waals surface area contributed by atoms with E-state index in [0.29, 0.717) is 16.6 Å². The van der Waals surface area contributed by atoms with Gasteiger partial charge < -0.3 is 14.8 Å². The van der Waals surface area contributed by atoms with Gasteiger partial charge in [0, 0.05) is 5.69 Å². The summed E-state index contributed by atoms with van der Waals surface area (Å²) in [5, 5.41) is 11.4. The highest BCUT2D eigenvalue weighted by Gasteiger charge is 2.25. The number of benzene rings is 3. The lowest BCUT2D eigenvalue weighted by atomic mass is 10.1. The van der Waals surface area contributed by atoms with E-state index in [2.05, 4.69) is 15.5 Å². The molecule has 4 rings (SSSR count). The molecule has 7 nitrogen and oxygen atoms in total. The zero-order valence-corrected chi connectivity index (χ0v) is 18.5. The van der Waals surface area contributed by atoms with Crippen LogP contribution in [0.15, 0.2) is 90.3 Å².